The molecule has 1 aromatic heterocycles. The van der Waals surface area contributed by atoms with E-state index in [1.54, 1.807) is 22.8 Å². The average molecular weight is 1020 g/mol. The van der Waals surface area contributed by atoms with Gasteiger partial charge in [0.25, 0.3) is 6.71 Å². The number of furan rings is 1. The molecule has 3 heterocycles. The number of benzene rings is 2. The van der Waals surface area contributed by atoms with E-state index in [9.17, 15) is 0 Å². The minimum absolute atomic E-state index is 0.0276. The van der Waals surface area contributed by atoms with Crippen molar-refractivity contribution in [1.29, 1.82) is 0 Å². The second-order valence-corrected chi connectivity index (χ2v) is 31.6. The predicted octanol–water partition coefficient (Wildman–Crippen LogP) is 18.3. The zero-order valence-corrected chi connectivity index (χ0v) is 49.9. The van der Waals surface area contributed by atoms with E-state index in [0.29, 0.717) is 5.92 Å². The largest absolute Gasteiger partial charge is 0.468 e. The third kappa shape index (κ3) is 7.29. The van der Waals surface area contributed by atoms with Gasteiger partial charge in [-0.1, -0.05) is 170 Å². The highest BCUT2D eigenvalue weighted by Crippen LogP contribution is 2.62. The van der Waals surface area contributed by atoms with Crippen LogP contribution in [0.5, 0.6) is 0 Å². The highest BCUT2D eigenvalue weighted by molar-refractivity contribution is 6.88. The summed E-state index contributed by atoms with van der Waals surface area (Å²) >= 11 is 0. The van der Waals surface area contributed by atoms with E-state index in [1.807, 2.05) is 6.08 Å². The molecule has 5 atom stereocenters. The molecule has 8 aliphatic carbocycles. The highest BCUT2D eigenvalue weighted by Gasteiger charge is 2.57. The van der Waals surface area contributed by atoms with Gasteiger partial charge in [-0.15, -0.1) is 0 Å². The molecular formula is C71H90BFN2O. The van der Waals surface area contributed by atoms with Gasteiger partial charge in [0.1, 0.15) is 11.8 Å². The molecule has 0 bridgehead atoms. The van der Waals surface area contributed by atoms with Crippen LogP contribution in [0.25, 0.3) is 11.0 Å². The first-order valence-corrected chi connectivity index (χ1v) is 30.1. The molecule has 0 spiro atoms. The summed E-state index contributed by atoms with van der Waals surface area (Å²) in [5, 5.41) is 1.29. The Hall–Kier alpha value is -4.51. The van der Waals surface area contributed by atoms with E-state index in [2.05, 4.69) is 188 Å². The van der Waals surface area contributed by atoms with Crippen molar-refractivity contribution in [3.8, 4) is 0 Å². The fraction of sp³-hybridized carbons (Fsp3) is 0.577. The van der Waals surface area contributed by atoms with Crippen LogP contribution in [0, 0.1) is 27.6 Å². The number of hydrogen-bond acceptors (Lipinski definition) is 3. The Morgan fingerprint density at radius 3 is 1.87 bits per heavy atom. The summed E-state index contributed by atoms with van der Waals surface area (Å²) in [5.41, 5.74) is 23.9. The number of hydrogen-bond donors (Lipinski definition) is 0. The maximum atomic E-state index is 17.1. The van der Waals surface area contributed by atoms with Crippen LogP contribution in [-0.4, -0.2) is 25.0 Å². The monoisotopic (exact) mass is 1020 g/mol. The standard InChI is InChI=1S/C71H90BFN2O/c1-41-32-58-61-59(33-41)75(56-38-51-48(66(6,7)26-29-69(51,12)13)35-44(56)43-20-18-19-21-55(43)73)57-39-52-50(68(10,11)28-30-70(52,14)15)37-54(57)72(61)63-62(45-36-49-53(40-60(45)76-63)71(16,17)31-27-67(49,8)9)74(58)42-22-23-46-47(34-42)65(4,5)25-24-64(46,2)3/h18-23,33,35-38,40,42-43,52,55,58H,24-32,34,39H2,1-17H3. The maximum Gasteiger partial charge on any atom is 0.292 e. The third-order valence-corrected chi connectivity index (χ3v) is 22.9. The predicted molar refractivity (Wildman–Crippen MR) is 320 cm³/mol. The lowest BCUT2D eigenvalue weighted by atomic mass is 9.31. The zero-order chi connectivity index (χ0) is 54.0. The van der Waals surface area contributed by atoms with Crippen LogP contribution in [0.15, 0.2) is 122 Å². The molecule has 0 N–H and O–H groups in total. The van der Waals surface area contributed by atoms with Gasteiger partial charge in [-0.25, -0.2) is 4.39 Å². The van der Waals surface area contributed by atoms with Crippen molar-refractivity contribution in [1.82, 2.24) is 0 Å². The van der Waals surface area contributed by atoms with Crippen molar-refractivity contribution < 1.29 is 8.81 Å². The van der Waals surface area contributed by atoms with E-state index in [1.165, 1.54) is 99.0 Å². The number of fused-ring (bicyclic) bond motifs is 8. The molecule has 0 radical (unpaired) electrons. The summed E-state index contributed by atoms with van der Waals surface area (Å²) in [6.45, 7) is 42.1. The summed E-state index contributed by atoms with van der Waals surface area (Å²) in [5.74, 6) is -0.0265. The second-order valence-electron chi connectivity index (χ2n) is 31.6. The summed E-state index contributed by atoms with van der Waals surface area (Å²) in [6, 6.07) is 10.4. The minimum Gasteiger partial charge on any atom is -0.468 e. The Kier molecular flexibility index (Phi) is 10.8. The SMILES string of the molecule is CC1=CC2=C3B(C4=C(CC5C(=C4)C(C)(C)CCC5(C)C)N2c2cc4c(cc2C2C=CC=CC2F)C(C)(C)CCC4(C)C)c2oc4cc5c(cc4c2N(C2C=CC4=C(C2)C(C)(C)CCC4(C)C)C3C1)C(C)(C)CCC5(C)C. The van der Waals surface area contributed by atoms with E-state index in [-0.39, 0.29) is 62.1 Å². The van der Waals surface area contributed by atoms with Gasteiger partial charge in [-0.2, -0.15) is 0 Å². The van der Waals surface area contributed by atoms with Crippen molar-refractivity contribution >= 4 is 34.7 Å². The first-order valence-electron chi connectivity index (χ1n) is 30.1. The number of rotatable bonds is 3. The van der Waals surface area contributed by atoms with Crippen LogP contribution in [-0.2, 0) is 21.7 Å². The molecule has 1 saturated carbocycles. The summed E-state index contributed by atoms with van der Waals surface area (Å²) in [4.78, 5) is 5.70. The normalized spacial score (nSPS) is 31.2. The lowest BCUT2D eigenvalue weighted by Crippen LogP contribution is -2.61. The summed E-state index contributed by atoms with van der Waals surface area (Å²) in [7, 11) is 0. The molecule has 5 unspecified atom stereocenters. The quantitative estimate of drug-likeness (QED) is 0.244. The van der Waals surface area contributed by atoms with Crippen LogP contribution in [0.3, 0.4) is 0 Å². The number of alkyl halides is 1. The molecule has 3 nitrogen and oxygen atoms in total. The Morgan fingerprint density at radius 2 is 1.20 bits per heavy atom. The van der Waals surface area contributed by atoms with Crippen LogP contribution in [0.1, 0.15) is 222 Å². The van der Waals surface area contributed by atoms with Gasteiger partial charge < -0.3 is 14.2 Å². The Labute approximate surface area is 458 Å². The van der Waals surface area contributed by atoms with Gasteiger partial charge in [0, 0.05) is 34.4 Å². The molecule has 0 amide bonds. The number of allylic oxidation sites excluding steroid dienone is 11. The fourth-order valence-electron chi connectivity index (χ4n) is 17.4. The third-order valence-electron chi connectivity index (χ3n) is 22.9. The van der Waals surface area contributed by atoms with Crippen molar-refractivity contribution in [2.45, 2.75) is 234 Å². The van der Waals surface area contributed by atoms with E-state index in [4.69, 9.17) is 4.42 Å². The van der Waals surface area contributed by atoms with Gasteiger partial charge in [0.15, 0.2) is 0 Å². The molecule has 2 aromatic carbocycles. The number of nitrogens with zero attached hydrogens (tertiary/aromatic N) is 2. The molecule has 13 rings (SSSR count). The van der Waals surface area contributed by atoms with E-state index < -0.39 is 12.1 Å². The smallest absolute Gasteiger partial charge is 0.292 e. The molecule has 10 aliphatic rings. The van der Waals surface area contributed by atoms with Crippen molar-refractivity contribution in [3.63, 3.8) is 0 Å². The van der Waals surface area contributed by atoms with Crippen LogP contribution in [0.4, 0.5) is 15.8 Å². The lowest BCUT2D eigenvalue weighted by molar-refractivity contribution is 0.121. The number of halogens is 1. The number of anilines is 2. The van der Waals surface area contributed by atoms with Crippen molar-refractivity contribution in [2.24, 2.45) is 27.6 Å². The summed E-state index contributed by atoms with van der Waals surface area (Å²) in [6.07, 6.45) is 29.6. The Morgan fingerprint density at radius 1 is 0.605 bits per heavy atom. The van der Waals surface area contributed by atoms with Crippen molar-refractivity contribution in [2.75, 3.05) is 9.80 Å². The molecule has 2 aliphatic heterocycles. The second kappa shape index (κ2) is 16.1. The lowest BCUT2D eigenvalue weighted by Gasteiger charge is -2.56. The first-order chi connectivity index (χ1) is 35.4. The van der Waals surface area contributed by atoms with Gasteiger partial charge in [0.05, 0.1) is 17.4 Å². The van der Waals surface area contributed by atoms with Crippen LogP contribution >= 0.6 is 0 Å². The first kappa shape index (κ1) is 51.0. The Bertz CT molecular complexity index is 3320. The Balaban J connectivity index is 1.14. The average Bonchev–Trinajstić information content (AvgIpc) is 3.93. The molecule has 5 heteroatoms. The minimum atomic E-state index is -1.12. The van der Waals surface area contributed by atoms with E-state index in [0.717, 1.165) is 55.3 Å². The van der Waals surface area contributed by atoms with Gasteiger partial charge in [-0.3, -0.25) is 0 Å². The molecule has 400 valence electrons. The molecule has 1 fully saturated rings. The molecular weight excluding hydrogens is 927 g/mol. The highest BCUT2D eigenvalue weighted by atomic mass is 19.1. The van der Waals surface area contributed by atoms with Gasteiger partial charge in [-0.05, 0) is 201 Å². The molecule has 3 aromatic rings. The fourth-order valence-corrected chi connectivity index (χ4v) is 17.4. The van der Waals surface area contributed by atoms with Gasteiger partial charge >= 0.3 is 0 Å². The van der Waals surface area contributed by atoms with Gasteiger partial charge in [0.2, 0.25) is 0 Å². The molecule has 0 saturated heterocycles. The zero-order valence-electron chi connectivity index (χ0n) is 49.9. The van der Waals surface area contributed by atoms with Crippen molar-refractivity contribution in [3.05, 3.63) is 145 Å². The molecule has 76 heavy (non-hydrogen) atoms. The maximum absolute atomic E-state index is 17.1. The van der Waals surface area contributed by atoms with Crippen LogP contribution in [0.2, 0.25) is 0 Å². The van der Waals surface area contributed by atoms with Crippen LogP contribution < -0.4 is 15.5 Å². The van der Waals surface area contributed by atoms with E-state index >= 15 is 4.39 Å². The summed E-state index contributed by atoms with van der Waals surface area (Å²) < 4.78 is 25.0. The topological polar surface area (TPSA) is 19.6 Å².